The first-order valence-electron chi connectivity index (χ1n) is 8.16. The van der Waals surface area contributed by atoms with E-state index < -0.39 is 27.7 Å². The van der Waals surface area contributed by atoms with Crippen molar-refractivity contribution in [1.82, 2.24) is 10.0 Å². The van der Waals surface area contributed by atoms with Gasteiger partial charge in [0.25, 0.3) is 5.91 Å². The molecule has 2 N–H and O–H groups in total. The third-order valence-electron chi connectivity index (χ3n) is 3.62. The van der Waals surface area contributed by atoms with Gasteiger partial charge < -0.3 is 5.32 Å². The van der Waals surface area contributed by atoms with Crippen molar-refractivity contribution >= 4 is 27.5 Å². The molecule has 0 aliphatic rings. The summed E-state index contributed by atoms with van der Waals surface area (Å²) in [6.07, 6.45) is -4.44. The Morgan fingerprint density at radius 2 is 1.71 bits per heavy atom. The van der Waals surface area contributed by atoms with Crippen LogP contribution in [0.1, 0.15) is 35.3 Å². The molecule has 0 heterocycles. The smallest absolute Gasteiger partial charge is 0.348 e. The van der Waals surface area contributed by atoms with Gasteiger partial charge in [-0.1, -0.05) is 23.7 Å². The van der Waals surface area contributed by atoms with Crippen molar-refractivity contribution in [2.75, 3.05) is 0 Å². The van der Waals surface area contributed by atoms with Crippen LogP contribution in [-0.4, -0.2) is 20.4 Å². The van der Waals surface area contributed by atoms with Crippen LogP contribution in [0.4, 0.5) is 13.2 Å². The molecule has 0 saturated heterocycles. The van der Waals surface area contributed by atoms with Crippen LogP contribution in [0.15, 0.2) is 47.4 Å². The lowest BCUT2D eigenvalue weighted by atomic mass is 10.1. The molecule has 1 amide bonds. The van der Waals surface area contributed by atoms with Crippen LogP contribution in [0, 0.1) is 0 Å². The Labute approximate surface area is 166 Å². The Balaban J connectivity index is 2.15. The van der Waals surface area contributed by atoms with Crippen LogP contribution in [0.3, 0.4) is 0 Å². The summed E-state index contributed by atoms with van der Waals surface area (Å²) in [5, 5.41) is 2.56. The number of sulfonamides is 1. The summed E-state index contributed by atoms with van der Waals surface area (Å²) in [6, 6.07) is 7.71. The molecule has 0 aromatic heterocycles. The first-order chi connectivity index (χ1) is 12.9. The molecule has 0 radical (unpaired) electrons. The molecule has 2 aromatic rings. The predicted molar refractivity (Wildman–Crippen MR) is 99.5 cm³/mol. The zero-order chi connectivity index (χ0) is 21.1. The summed E-state index contributed by atoms with van der Waals surface area (Å²) in [7, 11) is -3.81. The van der Waals surface area contributed by atoms with E-state index in [1.54, 1.807) is 13.8 Å². The van der Waals surface area contributed by atoms with Gasteiger partial charge in [0.15, 0.2) is 0 Å². The molecule has 0 aliphatic heterocycles. The maximum absolute atomic E-state index is 12.6. The van der Waals surface area contributed by atoms with Crippen molar-refractivity contribution < 1.29 is 26.4 Å². The second-order valence-corrected chi connectivity index (χ2v) is 8.42. The standard InChI is InChI=1S/C18H18ClF3N2O3S/c1-11(2)24-28(26,27)14-7-8-16(19)15(9-14)17(25)23-10-12-3-5-13(6-4-12)18(20,21)22/h3-9,11,24H,10H2,1-2H3,(H,23,25). The third kappa shape index (κ3) is 5.70. The fourth-order valence-corrected chi connectivity index (χ4v) is 3.79. The number of alkyl halides is 3. The van der Waals surface area contributed by atoms with E-state index in [1.807, 2.05) is 0 Å². The number of benzene rings is 2. The minimum atomic E-state index is -4.44. The van der Waals surface area contributed by atoms with Gasteiger partial charge in [0.2, 0.25) is 10.0 Å². The maximum atomic E-state index is 12.6. The van der Waals surface area contributed by atoms with Gasteiger partial charge in [-0.3, -0.25) is 4.79 Å². The molecular formula is C18H18ClF3N2O3S. The first-order valence-corrected chi connectivity index (χ1v) is 10.0. The minimum absolute atomic E-state index is 0.0471. The highest BCUT2D eigenvalue weighted by molar-refractivity contribution is 7.89. The molecule has 5 nitrogen and oxygen atoms in total. The van der Waals surface area contributed by atoms with E-state index in [2.05, 4.69) is 10.0 Å². The maximum Gasteiger partial charge on any atom is 0.416 e. The third-order valence-corrected chi connectivity index (χ3v) is 5.60. The Kier molecular flexibility index (Phi) is 6.74. The second-order valence-electron chi connectivity index (χ2n) is 6.30. The Morgan fingerprint density at radius 3 is 2.25 bits per heavy atom. The van der Waals surface area contributed by atoms with Gasteiger partial charge >= 0.3 is 6.18 Å². The Bertz CT molecular complexity index is 959. The van der Waals surface area contributed by atoms with E-state index in [9.17, 15) is 26.4 Å². The van der Waals surface area contributed by atoms with Crippen LogP contribution in [0.25, 0.3) is 0 Å². The van der Waals surface area contributed by atoms with Gasteiger partial charge in [-0.25, -0.2) is 13.1 Å². The lowest BCUT2D eigenvalue weighted by molar-refractivity contribution is -0.137. The molecule has 0 unspecified atom stereocenters. The minimum Gasteiger partial charge on any atom is -0.348 e. The van der Waals surface area contributed by atoms with Crippen molar-refractivity contribution in [1.29, 1.82) is 0 Å². The quantitative estimate of drug-likeness (QED) is 0.722. The molecular weight excluding hydrogens is 417 g/mol. The molecule has 2 aromatic carbocycles. The van der Waals surface area contributed by atoms with Gasteiger partial charge in [0.05, 0.1) is 21.0 Å². The predicted octanol–water partition coefficient (Wildman–Crippen LogP) is 3.98. The van der Waals surface area contributed by atoms with Crippen molar-refractivity contribution in [3.8, 4) is 0 Å². The van der Waals surface area contributed by atoms with Crippen molar-refractivity contribution in [3.05, 3.63) is 64.2 Å². The number of rotatable bonds is 6. The van der Waals surface area contributed by atoms with E-state index in [4.69, 9.17) is 11.6 Å². The number of nitrogens with one attached hydrogen (secondary N) is 2. The number of amides is 1. The van der Waals surface area contributed by atoms with E-state index in [0.717, 1.165) is 18.2 Å². The van der Waals surface area contributed by atoms with Gasteiger partial charge in [-0.05, 0) is 49.7 Å². The zero-order valence-corrected chi connectivity index (χ0v) is 16.5. The number of halogens is 4. The average Bonchev–Trinajstić information content (AvgIpc) is 2.58. The molecule has 0 spiro atoms. The van der Waals surface area contributed by atoms with E-state index in [1.165, 1.54) is 24.3 Å². The molecule has 0 aliphatic carbocycles. The molecule has 0 bridgehead atoms. The number of hydrogen-bond acceptors (Lipinski definition) is 3. The lowest BCUT2D eigenvalue weighted by Crippen LogP contribution is -2.30. The van der Waals surface area contributed by atoms with Gasteiger partial charge in [0, 0.05) is 12.6 Å². The fourth-order valence-electron chi connectivity index (χ4n) is 2.31. The molecule has 152 valence electrons. The summed E-state index contributed by atoms with van der Waals surface area (Å²) in [5.74, 6) is -0.647. The van der Waals surface area contributed by atoms with Crippen LogP contribution >= 0.6 is 11.6 Å². The Morgan fingerprint density at radius 1 is 1.11 bits per heavy atom. The zero-order valence-electron chi connectivity index (χ0n) is 15.0. The highest BCUT2D eigenvalue weighted by atomic mass is 35.5. The highest BCUT2D eigenvalue weighted by Crippen LogP contribution is 2.29. The molecule has 2 rings (SSSR count). The topological polar surface area (TPSA) is 75.3 Å². The summed E-state index contributed by atoms with van der Waals surface area (Å²) < 4.78 is 64.6. The lowest BCUT2D eigenvalue weighted by Gasteiger charge is -2.12. The highest BCUT2D eigenvalue weighted by Gasteiger charge is 2.29. The van der Waals surface area contributed by atoms with Crippen molar-refractivity contribution in [2.24, 2.45) is 0 Å². The largest absolute Gasteiger partial charge is 0.416 e. The van der Waals surface area contributed by atoms with E-state index >= 15 is 0 Å². The summed E-state index contributed by atoms with van der Waals surface area (Å²) >= 11 is 6.00. The monoisotopic (exact) mass is 434 g/mol. The Hall–Kier alpha value is -2.10. The molecule has 0 fully saturated rings. The number of carbonyl (C=O) groups is 1. The van der Waals surface area contributed by atoms with Crippen LogP contribution in [0.5, 0.6) is 0 Å². The van der Waals surface area contributed by atoms with Gasteiger partial charge in [-0.15, -0.1) is 0 Å². The fraction of sp³-hybridized carbons (Fsp3) is 0.278. The van der Waals surface area contributed by atoms with Gasteiger partial charge in [-0.2, -0.15) is 13.2 Å². The normalized spacial score (nSPS) is 12.2. The average molecular weight is 435 g/mol. The summed E-state index contributed by atoms with van der Waals surface area (Å²) in [6.45, 7) is 3.27. The molecule has 0 atom stereocenters. The van der Waals surface area contributed by atoms with Crippen molar-refractivity contribution in [3.63, 3.8) is 0 Å². The molecule has 0 saturated carbocycles. The van der Waals surface area contributed by atoms with Crippen LogP contribution in [0.2, 0.25) is 5.02 Å². The number of hydrogen-bond donors (Lipinski definition) is 2. The first kappa shape index (κ1) is 22.2. The second kappa shape index (κ2) is 8.50. The summed E-state index contributed by atoms with van der Waals surface area (Å²) in [4.78, 5) is 12.3. The van der Waals surface area contributed by atoms with Gasteiger partial charge in [0.1, 0.15) is 0 Å². The SMILES string of the molecule is CC(C)NS(=O)(=O)c1ccc(Cl)c(C(=O)NCc2ccc(C(F)(F)F)cc2)c1. The van der Waals surface area contributed by atoms with E-state index in [-0.39, 0.29) is 28.1 Å². The van der Waals surface area contributed by atoms with E-state index in [0.29, 0.717) is 5.56 Å². The molecule has 10 heteroatoms. The van der Waals surface area contributed by atoms with Crippen LogP contribution < -0.4 is 10.0 Å². The van der Waals surface area contributed by atoms with Crippen LogP contribution in [-0.2, 0) is 22.7 Å². The number of carbonyl (C=O) groups excluding carboxylic acids is 1. The molecule has 28 heavy (non-hydrogen) atoms. The summed E-state index contributed by atoms with van der Waals surface area (Å²) in [5.41, 5.74) is -0.399. The van der Waals surface area contributed by atoms with Crippen molar-refractivity contribution in [2.45, 2.75) is 37.5 Å².